The van der Waals surface area contributed by atoms with E-state index >= 15 is 0 Å². The predicted molar refractivity (Wildman–Crippen MR) is 51.8 cm³/mol. The van der Waals surface area contributed by atoms with Gasteiger partial charge in [0.15, 0.2) is 0 Å². The minimum atomic E-state index is -2.08. The van der Waals surface area contributed by atoms with E-state index in [4.69, 9.17) is 11.6 Å². The predicted octanol–water partition coefficient (Wildman–Crippen LogP) is 2.48. The van der Waals surface area contributed by atoms with Crippen LogP contribution in [0.5, 0.6) is 0 Å². The summed E-state index contributed by atoms with van der Waals surface area (Å²) in [5.74, 6) is -0.0356. The van der Waals surface area contributed by atoms with Crippen LogP contribution in [0, 0.1) is 0 Å². The molecule has 0 amide bonds. The number of rotatable bonds is 2. The molecule has 0 saturated carbocycles. The lowest BCUT2D eigenvalue weighted by molar-refractivity contribution is 0.536. The van der Waals surface area contributed by atoms with Crippen LogP contribution in [0.15, 0.2) is 22.7 Å². The maximum Gasteiger partial charge on any atom is 0.0458 e. The quantitative estimate of drug-likeness (QED) is 0.773. The van der Waals surface area contributed by atoms with Crippen molar-refractivity contribution in [2.24, 2.45) is 0 Å². The molecule has 1 unspecified atom stereocenters. The van der Waals surface area contributed by atoms with Gasteiger partial charge in [-0.15, -0.1) is 0 Å². The monoisotopic (exact) mass is 267 g/mol. The lowest BCUT2D eigenvalue weighted by Gasteiger charge is -2.06. The molecule has 0 saturated heterocycles. The Labute approximate surface area is 86.3 Å². The highest BCUT2D eigenvalue weighted by Gasteiger charge is 1.99. The third kappa shape index (κ3) is 2.86. The summed E-state index contributed by atoms with van der Waals surface area (Å²) in [5.41, 5.74) is 0.619. The van der Waals surface area contributed by atoms with Gasteiger partial charge in [0, 0.05) is 15.2 Å². The van der Waals surface area contributed by atoms with Crippen LogP contribution >= 0.6 is 27.5 Å². The van der Waals surface area contributed by atoms with Crippen molar-refractivity contribution in [3.05, 3.63) is 33.3 Å². The third-order valence-corrected chi connectivity index (χ3v) is 2.68. The molecule has 0 fully saturated rings. The van der Waals surface area contributed by atoms with Gasteiger partial charge >= 0.3 is 0 Å². The lowest BCUT2D eigenvalue weighted by Crippen LogP contribution is -1.93. The minimum Gasteiger partial charge on any atom is -0.772 e. The number of benzene rings is 1. The average Bonchev–Trinajstić information content (AvgIpc) is 1.94. The lowest BCUT2D eigenvalue weighted by atomic mass is 10.2. The second-order valence-electron chi connectivity index (χ2n) is 2.18. The van der Waals surface area contributed by atoms with Gasteiger partial charge in [0.2, 0.25) is 0 Å². The van der Waals surface area contributed by atoms with E-state index in [1.807, 2.05) is 0 Å². The van der Waals surface area contributed by atoms with E-state index in [1.165, 1.54) is 0 Å². The molecule has 0 bridgehead atoms. The molecule has 66 valence electrons. The van der Waals surface area contributed by atoms with Crippen molar-refractivity contribution in [2.45, 2.75) is 5.75 Å². The van der Waals surface area contributed by atoms with Crippen molar-refractivity contribution in [1.82, 2.24) is 0 Å². The van der Waals surface area contributed by atoms with Crippen molar-refractivity contribution in [3.63, 3.8) is 0 Å². The first-order chi connectivity index (χ1) is 5.59. The molecule has 0 spiro atoms. The summed E-state index contributed by atoms with van der Waals surface area (Å²) in [5, 5.41) is 0.466. The van der Waals surface area contributed by atoms with Crippen LogP contribution in [-0.2, 0) is 16.8 Å². The molecule has 2 nitrogen and oxygen atoms in total. The van der Waals surface area contributed by atoms with Crippen LogP contribution in [0.25, 0.3) is 0 Å². The molecule has 0 heterocycles. The second-order valence-corrected chi connectivity index (χ2v) is 4.40. The van der Waals surface area contributed by atoms with Gasteiger partial charge in [0.25, 0.3) is 0 Å². The minimum absolute atomic E-state index is 0.0356. The largest absolute Gasteiger partial charge is 0.772 e. The summed E-state index contributed by atoms with van der Waals surface area (Å²) >= 11 is 6.91. The van der Waals surface area contributed by atoms with Crippen LogP contribution in [0.2, 0.25) is 5.02 Å². The number of hydrogen-bond donors (Lipinski definition) is 0. The first-order valence-electron chi connectivity index (χ1n) is 3.09. The maximum absolute atomic E-state index is 10.3. The van der Waals surface area contributed by atoms with E-state index in [0.29, 0.717) is 10.6 Å². The van der Waals surface area contributed by atoms with Crippen LogP contribution in [-0.4, -0.2) is 8.76 Å². The van der Waals surface area contributed by atoms with E-state index in [-0.39, 0.29) is 5.75 Å². The Balaban J connectivity index is 2.93. The Bertz CT molecular complexity index is 316. The standard InChI is InChI=1S/C7H6BrClO2S/c8-6-2-1-5(4-12(10)11)7(9)3-6/h1-3H,4H2,(H,10,11)/p-1. The number of hydrogen-bond acceptors (Lipinski definition) is 2. The molecule has 1 rings (SSSR count). The molecule has 12 heavy (non-hydrogen) atoms. The van der Waals surface area contributed by atoms with Gasteiger partial charge in [0.1, 0.15) is 0 Å². The summed E-state index contributed by atoms with van der Waals surface area (Å²) in [7, 11) is 0. The Morgan fingerprint density at radius 1 is 1.58 bits per heavy atom. The summed E-state index contributed by atoms with van der Waals surface area (Å²) in [6, 6.07) is 5.11. The first-order valence-corrected chi connectivity index (χ1v) is 5.51. The molecule has 1 aromatic carbocycles. The molecular formula is C7H5BrClO2S-. The molecule has 1 atom stereocenters. The van der Waals surface area contributed by atoms with Gasteiger partial charge in [-0.25, -0.2) is 0 Å². The fourth-order valence-electron chi connectivity index (χ4n) is 0.766. The fourth-order valence-corrected chi connectivity index (χ4v) is 2.09. The SMILES string of the molecule is O=S([O-])Cc1ccc(Br)cc1Cl. The van der Waals surface area contributed by atoms with Crippen molar-refractivity contribution in [1.29, 1.82) is 0 Å². The van der Waals surface area contributed by atoms with Crippen molar-refractivity contribution >= 4 is 38.6 Å². The molecule has 1 aromatic rings. The van der Waals surface area contributed by atoms with Gasteiger partial charge in [-0.2, -0.15) is 0 Å². The van der Waals surface area contributed by atoms with Crippen LogP contribution in [0.1, 0.15) is 5.56 Å². The topological polar surface area (TPSA) is 40.1 Å². The summed E-state index contributed by atoms with van der Waals surface area (Å²) in [6.07, 6.45) is 0. The van der Waals surface area contributed by atoms with E-state index in [0.717, 1.165) is 4.47 Å². The highest BCUT2D eigenvalue weighted by molar-refractivity contribution is 9.10. The zero-order chi connectivity index (χ0) is 9.14. The van der Waals surface area contributed by atoms with Crippen LogP contribution in [0.3, 0.4) is 0 Å². The molecule has 5 heteroatoms. The summed E-state index contributed by atoms with van der Waals surface area (Å²) in [4.78, 5) is 0. The first kappa shape index (κ1) is 10.2. The van der Waals surface area contributed by atoms with Gasteiger partial charge in [-0.3, -0.25) is 4.21 Å². The van der Waals surface area contributed by atoms with Gasteiger partial charge in [-0.1, -0.05) is 44.7 Å². The zero-order valence-corrected chi connectivity index (χ0v) is 9.08. The smallest absolute Gasteiger partial charge is 0.0458 e. The molecule has 0 aliphatic carbocycles. The third-order valence-electron chi connectivity index (χ3n) is 1.29. The van der Waals surface area contributed by atoms with Crippen LogP contribution in [0.4, 0.5) is 0 Å². The van der Waals surface area contributed by atoms with Crippen molar-refractivity contribution in [3.8, 4) is 0 Å². The average molecular weight is 269 g/mol. The Morgan fingerprint density at radius 3 is 2.75 bits per heavy atom. The Morgan fingerprint density at radius 2 is 2.25 bits per heavy atom. The molecular weight excluding hydrogens is 263 g/mol. The molecule has 0 N–H and O–H groups in total. The maximum atomic E-state index is 10.3. The van der Waals surface area contributed by atoms with Gasteiger partial charge in [-0.05, 0) is 17.7 Å². The summed E-state index contributed by atoms with van der Waals surface area (Å²) < 4.78 is 21.5. The van der Waals surface area contributed by atoms with Gasteiger partial charge in [0.05, 0.1) is 0 Å². The van der Waals surface area contributed by atoms with Crippen LogP contribution < -0.4 is 0 Å². The highest BCUT2D eigenvalue weighted by atomic mass is 79.9. The zero-order valence-electron chi connectivity index (χ0n) is 5.92. The van der Waals surface area contributed by atoms with Crippen molar-refractivity contribution in [2.75, 3.05) is 0 Å². The van der Waals surface area contributed by atoms with E-state index in [9.17, 15) is 8.76 Å². The molecule has 0 aromatic heterocycles. The van der Waals surface area contributed by atoms with E-state index < -0.39 is 11.1 Å². The molecule has 0 aliphatic heterocycles. The number of halogens is 2. The Hall–Kier alpha value is 0.1000. The summed E-state index contributed by atoms with van der Waals surface area (Å²) in [6.45, 7) is 0. The molecule has 0 radical (unpaired) electrons. The molecule has 0 aliphatic rings. The fraction of sp³-hybridized carbons (Fsp3) is 0.143. The Kier molecular flexibility index (Phi) is 3.71. The van der Waals surface area contributed by atoms with E-state index in [2.05, 4.69) is 15.9 Å². The second kappa shape index (κ2) is 4.37. The highest BCUT2D eigenvalue weighted by Crippen LogP contribution is 2.21. The van der Waals surface area contributed by atoms with Crippen molar-refractivity contribution < 1.29 is 8.76 Å². The normalized spacial score (nSPS) is 12.9. The van der Waals surface area contributed by atoms with Gasteiger partial charge < -0.3 is 4.55 Å². The van der Waals surface area contributed by atoms with E-state index in [1.54, 1.807) is 18.2 Å².